The molecule has 2 aromatic carbocycles. The second kappa shape index (κ2) is 7.22. The maximum atomic E-state index is 11.6. The summed E-state index contributed by atoms with van der Waals surface area (Å²) in [5.74, 6) is 1.83. The van der Waals surface area contributed by atoms with Crippen LogP contribution in [0.1, 0.15) is 0 Å². The molecule has 0 unspecified atom stereocenters. The van der Waals surface area contributed by atoms with Crippen LogP contribution >= 0.6 is 0 Å². The van der Waals surface area contributed by atoms with Gasteiger partial charge in [-0.3, -0.25) is 10.1 Å². The standard InChI is InChI=1S/C19H21N3O5/c1-25-17-5-3-2-4-14(17)20-6-8-21(9-7-20)15-12-18-19(27-11-10-26-18)13-16(15)22(23)24/h2-5,12-13H,6-11H2,1H3. The van der Waals surface area contributed by atoms with Gasteiger partial charge in [0.1, 0.15) is 24.7 Å². The number of para-hydroxylation sites is 2. The van der Waals surface area contributed by atoms with Gasteiger partial charge in [0.15, 0.2) is 11.5 Å². The Morgan fingerprint density at radius 2 is 1.56 bits per heavy atom. The maximum Gasteiger partial charge on any atom is 0.296 e. The number of fused-ring (bicyclic) bond motifs is 1. The summed E-state index contributed by atoms with van der Waals surface area (Å²) < 4.78 is 16.5. The molecule has 0 aliphatic carbocycles. The molecule has 1 saturated heterocycles. The van der Waals surface area contributed by atoms with Gasteiger partial charge in [0, 0.05) is 32.2 Å². The molecule has 2 aliphatic rings. The van der Waals surface area contributed by atoms with E-state index in [0.29, 0.717) is 43.5 Å². The third-order valence-electron chi connectivity index (χ3n) is 4.88. The summed E-state index contributed by atoms with van der Waals surface area (Å²) in [5.41, 5.74) is 1.66. The predicted octanol–water partition coefficient (Wildman–Crippen LogP) is 2.70. The highest BCUT2D eigenvalue weighted by Crippen LogP contribution is 2.41. The van der Waals surface area contributed by atoms with Gasteiger partial charge in [0.25, 0.3) is 5.69 Å². The number of nitrogens with zero attached hydrogens (tertiary/aromatic N) is 3. The highest BCUT2D eigenvalue weighted by atomic mass is 16.6. The van der Waals surface area contributed by atoms with E-state index in [0.717, 1.165) is 24.5 Å². The quantitative estimate of drug-likeness (QED) is 0.604. The van der Waals surface area contributed by atoms with Crippen molar-refractivity contribution < 1.29 is 19.1 Å². The number of piperazine rings is 1. The average molecular weight is 371 g/mol. The third kappa shape index (κ3) is 3.30. The van der Waals surface area contributed by atoms with Crippen molar-refractivity contribution in [1.29, 1.82) is 0 Å². The Morgan fingerprint density at radius 1 is 0.963 bits per heavy atom. The summed E-state index contributed by atoms with van der Waals surface area (Å²) in [6.07, 6.45) is 0. The van der Waals surface area contributed by atoms with E-state index in [1.165, 1.54) is 6.07 Å². The Labute approximate surface area is 157 Å². The lowest BCUT2D eigenvalue weighted by molar-refractivity contribution is -0.384. The monoisotopic (exact) mass is 371 g/mol. The number of ether oxygens (including phenoxy) is 3. The van der Waals surface area contributed by atoms with Gasteiger partial charge in [-0.05, 0) is 12.1 Å². The number of nitro groups is 1. The van der Waals surface area contributed by atoms with E-state index in [2.05, 4.69) is 4.90 Å². The van der Waals surface area contributed by atoms with E-state index in [1.807, 2.05) is 29.2 Å². The molecule has 0 saturated carbocycles. The molecule has 1 fully saturated rings. The van der Waals surface area contributed by atoms with Crippen LogP contribution < -0.4 is 24.0 Å². The van der Waals surface area contributed by atoms with Crippen molar-refractivity contribution >= 4 is 17.1 Å². The molecule has 0 bridgehead atoms. The molecule has 0 amide bonds. The first-order valence-corrected chi connectivity index (χ1v) is 8.88. The summed E-state index contributed by atoms with van der Waals surface area (Å²) in [6.45, 7) is 3.67. The Kier molecular flexibility index (Phi) is 4.62. The van der Waals surface area contributed by atoms with Gasteiger partial charge in [0.2, 0.25) is 0 Å². The lowest BCUT2D eigenvalue weighted by Gasteiger charge is -2.37. The van der Waals surface area contributed by atoms with E-state index in [9.17, 15) is 10.1 Å². The Hall–Kier alpha value is -3.16. The summed E-state index contributed by atoms with van der Waals surface area (Å²) in [4.78, 5) is 15.5. The fraction of sp³-hybridized carbons (Fsp3) is 0.368. The first kappa shape index (κ1) is 17.3. The van der Waals surface area contributed by atoms with Crippen LogP contribution in [-0.4, -0.2) is 51.4 Å². The van der Waals surface area contributed by atoms with Gasteiger partial charge in [0.05, 0.1) is 23.8 Å². The van der Waals surface area contributed by atoms with E-state index in [-0.39, 0.29) is 10.6 Å². The van der Waals surface area contributed by atoms with Crippen LogP contribution in [0.2, 0.25) is 0 Å². The van der Waals surface area contributed by atoms with Crippen molar-refractivity contribution in [2.45, 2.75) is 0 Å². The zero-order valence-corrected chi connectivity index (χ0v) is 15.1. The topological polar surface area (TPSA) is 77.3 Å². The lowest BCUT2D eigenvalue weighted by atomic mass is 10.1. The Bertz CT molecular complexity index is 849. The molecule has 8 heteroatoms. The maximum absolute atomic E-state index is 11.6. The second-order valence-electron chi connectivity index (χ2n) is 6.39. The smallest absolute Gasteiger partial charge is 0.296 e. The van der Waals surface area contributed by atoms with Gasteiger partial charge in [-0.2, -0.15) is 0 Å². The number of hydrogen-bond acceptors (Lipinski definition) is 7. The molecule has 0 atom stereocenters. The summed E-state index contributed by atoms with van der Waals surface area (Å²) in [6, 6.07) is 11.1. The number of methoxy groups -OCH3 is 1. The van der Waals surface area contributed by atoms with Gasteiger partial charge in [-0.1, -0.05) is 12.1 Å². The molecule has 0 spiro atoms. The van der Waals surface area contributed by atoms with Crippen LogP contribution in [0, 0.1) is 10.1 Å². The molecule has 8 nitrogen and oxygen atoms in total. The van der Waals surface area contributed by atoms with Crippen molar-refractivity contribution in [3.05, 3.63) is 46.5 Å². The second-order valence-corrected chi connectivity index (χ2v) is 6.39. The first-order valence-electron chi connectivity index (χ1n) is 8.88. The fourth-order valence-corrected chi connectivity index (χ4v) is 3.55. The summed E-state index contributed by atoms with van der Waals surface area (Å²) >= 11 is 0. The first-order chi connectivity index (χ1) is 13.2. The number of nitro benzene ring substituents is 1. The van der Waals surface area contributed by atoms with E-state index in [4.69, 9.17) is 14.2 Å². The summed E-state index contributed by atoms with van der Waals surface area (Å²) in [5, 5.41) is 11.6. The molecule has 27 heavy (non-hydrogen) atoms. The molecule has 0 N–H and O–H groups in total. The highest BCUT2D eigenvalue weighted by molar-refractivity contribution is 5.71. The van der Waals surface area contributed by atoms with E-state index < -0.39 is 0 Å². The van der Waals surface area contributed by atoms with Crippen molar-refractivity contribution in [3.63, 3.8) is 0 Å². The predicted molar refractivity (Wildman–Crippen MR) is 102 cm³/mol. The van der Waals surface area contributed by atoms with Gasteiger partial charge in [-0.25, -0.2) is 0 Å². The van der Waals surface area contributed by atoms with Gasteiger partial charge in [-0.15, -0.1) is 0 Å². The minimum absolute atomic E-state index is 0.0463. The Balaban J connectivity index is 1.57. The number of anilines is 2. The Morgan fingerprint density at radius 3 is 2.19 bits per heavy atom. The molecule has 142 valence electrons. The van der Waals surface area contributed by atoms with E-state index in [1.54, 1.807) is 13.2 Å². The van der Waals surface area contributed by atoms with Crippen molar-refractivity contribution in [1.82, 2.24) is 0 Å². The van der Waals surface area contributed by atoms with Crippen LogP contribution in [0.3, 0.4) is 0 Å². The largest absolute Gasteiger partial charge is 0.495 e. The van der Waals surface area contributed by atoms with Gasteiger partial charge >= 0.3 is 0 Å². The SMILES string of the molecule is COc1ccccc1N1CCN(c2cc3c(cc2[N+](=O)[O-])OCCO3)CC1. The van der Waals surface area contributed by atoms with E-state index >= 15 is 0 Å². The molecule has 2 heterocycles. The molecule has 4 rings (SSSR count). The van der Waals surface area contributed by atoms with Crippen LogP contribution in [0.4, 0.5) is 17.1 Å². The summed E-state index contributed by atoms with van der Waals surface area (Å²) in [7, 11) is 1.66. The number of hydrogen-bond donors (Lipinski definition) is 0. The molecule has 2 aliphatic heterocycles. The number of benzene rings is 2. The zero-order chi connectivity index (χ0) is 18.8. The highest BCUT2D eigenvalue weighted by Gasteiger charge is 2.28. The number of rotatable bonds is 4. The van der Waals surface area contributed by atoms with Crippen LogP contribution in [0.5, 0.6) is 17.2 Å². The van der Waals surface area contributed by atoms with Crippen LogP contribution in [0.15, 0.2) is 36.4 Å². The molecule has 0 radical (unpaired) electrons. The molecule has 2 aromatic rings. The third-order valence-corrected chi connectivity index (χ3v) is 4.88. The molecule has 0 aromatic heterocycles. The lowest BCUT2D eigenvalue weighted by Crippen LogP contribution is -2.46. The minimum atomic E-state index is -0.361. The van der Waals surface area contributed by atoms with Crippen molar-refractivity contribution in [2.24, 2.45) is 0 Å². The minimum Gasteiger partial charge on any atom is -0.495 e. The fourth-order valence-electron chi connectivity index (χ4n) is 3.55. The molecular weight excluding hydrogens is 350 g/mol. The molecular formula is C19H21N3O5. The van der Waals surface area contributed by atoms with Gasteiger partial charge < -0.3 is 24.0 Å². The average Bonchev–Trinajstić information content (AvgIpc) is 2.73. The van der Waals surface area contributed by atoms with Crippen molar-refractivity contribution in [2.75, 3.05) is 56.3 Å². The van der Waals surface area contributed by atoms with Crippen molar-refractivity contribution in [3.8, 4) is 17.2 Å². The normalized spacial score (nSPS) is 16.2. The van der Waals surface area contributed by atoms with Crippen LogP contribution in [0.25, 0.3) is 0 Å². The zero-order valence-electron chi connectivity index (χ0n) is 15.1. The van der Waals surface area contributed by atoms with Crippen LogP contribution in [-0.2, 0) is 0 Å².